The van der Waals surface area contributed by atoms with Crippen molar-refractivity contribution in [3.05, 3.63) is 93.8 Å². The molecule has 0 bridgehead atoms. The van der Waals surface area contributed by atoms with Gasteiger partial charge >= 0.3 is 0 Å². The molecule has 1 amide bonds. The highest BCUT2D eigenvalue weighted by molar-refractivity contribution is 7.90. The van der Waals surface area contributed by atoms with Gasteiger partial charge in [-0.3, -0.25) is 9.48 Å². The molecular weight excluding hydrogens is 430 g/mol. The lowest BCUT2D eigenvalue weighted by Gasteiger charge is -2.12. The Balaban J connectivity index is 1.73. The van der Waals surface area contributed by atoms with Gasteiger partial charge in [0.2, 0.25) is 0 Å². The maximum absolute atomic E-state index is 13.0. The molecule has 0 aliphatic heterocycles. The highest BCUT2D eigenvalue weighted by atomic mass is 32.2. The van der Waals surface area contributed by atoms with Crippen LogP contribution >= 0.6 is 11.3 Å². The number of carbonyl (C=O) groups excluding carboxylic acids is 1. The Labute approximate surface area is 185 Å². The van der Waals surface area contributed by atoms with E-state index in [1.54, 1.807) is 28.9 Å². The number of hydrogen-bond acceptors (Lipinski definition) is 5. The summed E-state index contributed by atoms with van der Waals surface area (Å²) in [5, 5.41) is 8.49. The molecule has 4 rings (SSSR count). The van der Waals surface area contributed by atoms with Crippen LogP contribution in [0, 0.1) is 13.8 Å². The first kappa shape index (κ1) is 21.0. The Kier molecular flexibility index (Phi) is 5.75. The lowest BCUT2D eigenvalue weighted by atomic mass is 10.0. The normalized spacial score (nSPS) is 11.4. The van der Waals surface area contributed by atoms with Crippen LogP contribution in [0.15, 0.2) is 76.3 Å². The van der Waals surface area contributed by atoms with Crippen LogP contribution in [-0.2, 0) is 16.6 Å². The molecule has 6 nitrogen and oxygen atoms in total. The number of thiophene rings is 1. The Morgan fingerprint density at radius 3 is 2.39 bits per heavy atom. The first-order valence-electron chi connectivity index (χ1n) is 9.63. The first-order valence-corrected chi connectivity index (χ1v) is 12.1. The van der Waals surface area contributed by atoms with Crippen LogP contribution in [0.25, 0.3) is 11.3 Å². The Morgan fingerprint density at radius 1 is 1.03 bits per heavy atom. The molecule has 0 radical (unpaired) electrons. The molecule has 0 unspecified atom stereocenters. The van der Waals surface area contributed by atoms with E-state index in [0.717, 1.165) is 22.3 Å². The van der Waals surface area contributed by atoms with Gasteiger partial charge in [0, 0.05) is 10.9 Å². The van der Waals surface area contributed by atoms with Gasteiger partial charge in [-0.2, -0.15) is 16.4 Å². The summed E-state index contributed by atoms with van der Waals surface area (Å²) in [5.74, 6) is -0.718. The summed E-state index contributed by atoms with van der Waals surface area (Å²) in [6, 6.07) is 17.4. The predicted octanol–water partition coefficient (Wildman–Crippen LogP) is 4.40. The van der Waals surface area contributed by atoms with Gasteiger partial charge in [0.1, 0.15) is 5.69 Å². The molecule has 0 spiro atoms. The highest BCUT2D eigenvalue weighted by Gasteiger charge is 2.23. The maximum Gasteiger partial charge on any atom is 0.283 e. The summed E-state index contributed by atoms with van der Waals surface area (Å²) >= 11 is 1.53. The van der Waals surface area contributed by atoms with Crippen molar-refractivity contribution in [2.75, 3.05) is 0 Å². The second-order valence-electron chi connectivity index (χ2n) is 7.20. The fourth-order valence-corrected chi connectivity index (χ4v) is 4.98. The zero-order chi connectivity index (χ0) is 22.0. The zero-order valence-electron chi connectivity index (χ0n) is 17.1. The van der Waals surface area contributed by atoms with E-state index in [-0.39, 0.29) is 10.6 Å². The maximum atomic E-state index is 13.0. The van der Waals surface area contributed by atoms with E-state index in [4.69, 9.17) is 0 Å². The fourth-order valence-electron chi connectivity index (χ4n) is 3.35. The van der Waals surface area contributed by atoms with Crippen LogP contribution in [0.1, 0.15) is 27.2 Å². The molecule has 2 heterocycles. The lowest BCUT2D eigenvalue weighted by Crippen LogP contribution is -2.32. The number of aromatic nitrogens is 2. The highest BCUT2D eigenvalue weighted by Crippen LogP contribution is 2.24. The average molecular weight is 452 g/mol. The summed E-state index contributed by atoms with van der Waals surface area (Å²) in [5.41, 5.74) is 4.89. The smallest absolute Gasteiger partial charge is 0.266 e. The summed E-state index contributed by atoms with van der Waals surface area (Å²) in [7, 11) is -4.00. The van der Waals surface area contributed by atoms with Gasteiger partial charge in [-0.05, 0) is 60.2 Å². The van der Waals surface area contributed by atoms with Gasteiger partial charge < -0.3 is 0 Å². The number of aryl methyl sites for hydroxylation is 2. The van der Waals surface area contributed by atoms with Crippen molar-refractivity contribution in [2.45, 2.75) is 25.3 Å². The van der Waals surface area contributed by atoms with Gasteiger partial charge in [0.25, 0.3) is 15.9 Å². The minimum Gasteiger partial charge on any atom is -0.266 e. The van der Waals surface area contributed by atoms with E-state index < -0.39 is 15.9 Å². The predicted molar refractivity (Wildman–Crippen MR) is 122 cm³/mol. The molecule has 2 aromatic carbocycles. The number of carbonyl (C=O) groups is 1. The van der Waals surface area contributed by atoms with Crippen molar-refractivity contribution in [1.82, 2.24) is 14.5 Å². The van der Waals surface area contributed by atoms with Crippen molar-refractivity contribution in [3.8, 4) is 11.3 Å². The SMILES string of the molecule is Cc1cccc(C)c1Cn1nc(-c2ccsc2)cc1C(=O)NS(=O)(=O)c1ccccc1. The van der Waals surface area contributed by atoms with Crippen LogP contribution in [0.3, 0.4) is 0 Å². The van der Waals surface area contributed by atoms with Crippen LogP contribution in [-0.4, -0.2) is 24.1 Å². The molecule has 0 saturated heterocycles. The standard InChI is InChI=1S/C23H21N3O3S2/c1-16-7-6-8-17(2)20(16)14-26-22(13-21(24-26)18-11-12-30-15-18)23(27)25-31(28,29)19-9-4-3-5-10-19/h3-13,15H,14H2,1-2H3,(H,25,27). The number of amides is 1. The molecule has 0 aliphatic carbocycles. The Morgan fingerprint density at radius 2 is 1.74 bits per heavy atom. The van der Waals surface area contributed by atoms with Crippen molar-refractivity contribution in [2.24, 2.45) is 0 Å². The number of benzene rings is 2. The molecule has 158 valence electrons. The van der Waals surface area contributed by atoms with Gasteiger partial charge in [0.05, 0.1) is 17.1 Å². The van der Waals surface area contributed by atoms with Crippen LogP contribution < -0.4 is 4.72 Å². The molecule has 0 saturated carbocycles. The van der Waals surface area contributed by atoms with Crippen molar-refractivity contribution >= 4 is 27.3 Å². The number of nitrogens with one attached hydrogen (secondary N) is 1. The quantitative estimate of drug-likeness (QED) is 0.471. The van der Waals surface area contributed by atoms with Gasteiger partial charge in [0.15, 0.2) is 0 Å². The number of sulfonamides is 1. The van der Waals surface area contributed by atoms with E-state index >= 15 is 0 Å². The third kappa shape index (κ3) is 4.45. The van der Waals surface area contributed by atoms with Crippen molar-refractivity contribution < 1.29 is 13.2 Å². The Bertz CT molecular complexity index is 1310. The number of hydrogen-bond donors (Lipinski definition) is 1. The number of rotatable bonds is 6. The topological polar surface area (TPSA) is 81.1 Å². The van der Waals surface area contributed by atoms with E-state index in [0.29, 0.717) is 12.2 Å². The second kappa shape index (κ2) is 8.49. The molecule has 8 heteroatoms. The van der Waals surface area contributed by atoms with Gasteiger partial charge in [-0.15, -0.1) is 0 Å². The third-order valence-corrected chi connectivity index (χ3v) is 7.09. The summed E-state index contributed by atoms with van der Waals surface area (Å²) in [6.45, 7) is 4.37. The van der Waals surface area contributed by atoms with Crippen molar-refractivity contribution in [1.29, 1.82) is 0 Å². The van der Waals surface area contributed by atoms with E-state index in [9.17, 15) is 13.2 Å². The number of nitrogens with zero attached hydrogens (tertiary/aromatic N) is 2. The molecule has 31 heavy (non-hydrogen) atoms. The third-order valence-electron chi connectivity index (χ3n) is 5.06. The molecule has 4 aromatic rings. The second-order valence-corrected chi connectivity index (χ2v) is 9.66. The van der Waals surface area contributed by atoms with Crippen molar-refractivity contribution in [3.63, 3.8) is 0 Å². The molecule has 1 N–H and O–H groups in total. The lowest BCUT2D eigenvalue weighted by molar-refractivity contribution is 0.0971. The van der Waals surface area contributed by atoms with Crippen LogP contribution in [0.4, 0.5) is 0 Å². The molecule has 2 aromatic heterocycles. The first-order chi connectivity index (χ1) is 14.8. The summed E-state index contributed by atoms with van der Waals surface area (Å²) < 4.78 is 29.1. The summed E-state index contributed by atoms with van der Waals surface area (Å²) in [4.78, 5) is 13.1. The monoisotopic (exact) mass is 451 g/mol. The van der Waals surface area contributed by atoms with Gasteiger partial charge in [-0.25, -0.2) is 13.1 Å². The Hall–Kier alpha value is -3.23. The minimum absolute atomic E-state index is 0.0298. The average Bonchev–Trinajstić information content (AvgIpc) is 3.41. The van der Waals surface area contributed by atoms with E-state index in [2.05, 4.69) is 9.82 Å². The van der Waals surface area contributed by atoms with Crippen LogP contribution in [0.5, 0.6) is 0 Å². The molecular formula is C23H21N3O3S2. The van der Waals surface area contributed by atoms with Crippen LogP contribution in [0.2, 0.25) is 0 Å². The molecule has 0 aliphatic rings. The zero-order valence-corrected chi connectivity index (χ0v) is 18.7. The molecule has 0 fully saturated rings. The minimum atomic E-state index is -4.00. The fraction of sp³-hybridized carbons (Fsp3) is 0.130. The summed E-state index contributed by atoms with van der Waals surface area (Å²) in [6.07, 6.45) is 0. The molecule has 0 atom stereocenters. The largest absolute Gasteiger partial charge is 0.283 e. The van der Waals surface area contributed by atoms with E-state index in [1.807, 2.05) is 48.9 Å². The van der Waals surface area contributed by atoms with E-state index in [1.165, 1.54) is 23.5 Å². The van der Waals surface area contributed by atoms with Gasteiger partial charge in [-0.1, -0.05) is 36.4 Å².